The van der Waals surface area contributed by atoms with Gasteiger partial charge in [0.15, 0.2) is 5.96 Å². The van der Waals surface area contributed by atoms with E-state index in [2.05, 4.69) is 36.4 Å². The van der Waals surface area contributed by atoms with Crippen LogP contribution in [0.3, 0.4) is 0 Å². The molecule has 6 nitrogen and oxygen atoms in total. The van der Waals surface area contributed by atoms with Gasteiger partial charge in [0.1, 0.15) is 9.84 Å². The zero-order valence-corrected chi connectivity index (χ0v) is 17.2. The Hall–Kier alpha value is -0.820. The van der Waals surface area contributed by atoms with E-state index in [-0.39, 0.29) is 11.2 Å². The highest BCUT2D eigenvalue weighted by Crippen LogP contribution is 2.57. The molecule has 2 aliphatic carbocycles. The maximum atomic E-state index is 11.4. The number of nitrogens with zero attached hydrogens (tertiary/aromatic N) is 1. The summed E-state index contributed by atoms with van der Waals surface area (Å²) in [5.41, 5.74) is 0.182. The minimum Gasteiger partial charge on any atom is -0.378 e. The maximum absolute atomic E-state index is 11.4. The van der Waals surface area contributed by atoms with Crippen molar-refractivity contribution in [3.05, 3.63) is 0 Å². The Morgan fingerprint density at radius 1 is 1.36 bits per heavy atom. The second-order valence-corrected chi connectivity index (χ2v) is 10.7. The lowest BCUT2D eigenvalue weighted by molar-refractivity contribution is -0.168. The summed E-state index contributed by atoms with van der Waals surface area (Å²) in [5.74, 6) is 1.02. The Labute approximate surface area is 153 Å². The predicted octanol–water partition coefficient (Wildman–Crippen LogP) is 1.96. The van der Waals surface area contributed by atoms with Crippen LogP contribution in [0.25, 0.3) is 0 Å². The zero-order chi connectivity index (χ0) is 18.7. The van der Waals surface area contributed by atoms with E-state index in [4.69, 9.17) is 4.74 Å². The first kappa shape index (κ1) is 20.5. The van der Waals surface area contributed by atoms with Gasteiger partial charge in [0.05, 0.1) is 11.9 Å². The number of guanidine groups is 1. The Bertz CT molecular complexity index is 582. The summed E-state index contributed by atoms with van der Waals surface area (Å²) in [5, 5.41) is 6.95. The van der Waals surface area contributed by atoms with E-state index in [0.29, 0.717) is 30.5 Å². The highest BCUT2D eigenvalue weighted by Gasteiger charge is 2.59. The molecule has 0 radical (unpaired) electrons. The molecule has 7 heteroatoms. The van der Waals surface area contributed by atoms with E-state index in [0.717, 1.165) is 19.0 Å². The maximum Gasteiger partial charge on any atom is 0.191 e. The molecule has 0 aromatic rings. The number of hydrogen-bond donors (Lipinski definition) is 2. The molecule has 0 saturated heterocycles. The highest BCUT2D eigenvalue weighted by molar-refractivity contribution is 7.90. The third-order valence-corrected chi connectivity index (χ3v) is 6.80. The quantitative estimate of drug-likeness (QED) is 0.502. The van der Waals surface area contributed by atoms with Gasteiger partial charge in [-0.1, -0.05) is 20.3 Å². The van der Waals surface area contributed by atoms with Gasteiger partial charge in [-0.15, -0.1) is 0 Å². The lowest BCUT2D eigenvalue weighted by Gasteiger charge is -2.61. The molecule has 1 spiro atoms. The van der Waals surface area contributed by atoms with Crippen LogP contribution in [0.5, 0.6) is 0 Å². The molecule has 2 fully saturated rings. The van der Waals surface area contributed by atoms with E-state index < -0.39 is 9.84 Å². The lowest BCUT2D eigenvalue weighted by Crippen LogP contribution is -2.68. The van der Waals surface area contributed by atoms with Gasteiger partial charge >= 0.3 is 0 Å². The summed E-state index contributed by atoms with van der Waals surface area (Å²) in [6.45, 7) is 7.70. The molecule has 2 atom stereocenters. The van der Waals surface area contributed by atoms with Crippen molar-refractivity contribution < 1.29 is 13.2 Å². The van der Waals surface area contributed by atoms with Crippen molar-refractivity contribution in [3.8, 4) is 0 Å². The first-order chi connectivity index (χ1) is 11.6. The largest absolute Gasteiger partial charge is 0.378 e. The third-order valence-electron chi connectivity index (χ3n) is 5.86. The van der Waals surface area contributed by atoms with Crippen molar-refractivity contribution in [2.45, 2.75) is 65.0 Å². The van der Waals surface area contributed by atoms with E-state index in [1.165, 1.54) is 25.5 Å². The molecule has 0 aliphatic heterocycles. The van der Waals surface area contributed by atoms with Crippen molar-refractivity contribution in [2.24, 2.45) is 15.8 Å². The molecule has 146 valence electrons. The average Bonchev–Trinajstić information content (AvgIpc) is 2.45. The summed E-state index contributed by atoms with van der Waals surface area (Å²) in [6, 6.07) is 0.420. The van der Waals surface area contributed by atoms with Crippen molar-refractivity contribution in [3.63, 3.8) is 0 Å². The smallest absolute Gasteiger partial charge is 0.191 e. The molecule has 2 rings (SSSR count). The van der Waals surface area contributed by atoms with Crippen LogP contribution < -0.4 is 10.6 Å². The molecule has 0 aromatic heterocycles. The fourth-order valence-corrected chi connectivity index (χ4v) is 4.80. The Morgan fingerprint density at radius 3 is 2.52 bits per heavy atom. The van der Waals surface area contributed by atoms with Crippen LogP contribution >= 0.6 is 0 Å². The van der Waals surface area contributed by atoms with Crippen LogP contribution in [0.4, 0.5) is 0 Å². The Kier molecular flexibility index (Phi) is 6.41. The molecule has 0 bridgehead atoms. The van der Waals surface area contributed by atoms with Crippen LogP contribution in [0.2, 0.25) is 0 Å². The summed E-state index contributed by atoms with van der Waals surface area (Å²) in [4.78, 5) is 4.35. The van der Waals surface area contributed by atoms with Gasteiger partial charge in [-0.25, -0.2) is 8.42 Å². The summed E-state index contributed by atoms with van der Waals surface area (Å²) in [7, 11) is -1.14. The van der Waals surface area contributed by atoms with Gasteiger partial charge in [-0.05, 0) is 38.0 Å². The number of ether oxygens (including phenoxy) is 1. The predicted molar refractivity (Wildman–Crippen MR) is 103 cm³/mol. The van der Waals surface area contributed by atoms with Crippen LogP contribution in [0.1, 0.15) is 52.9 Å². The average molecular weight is 374 g/mol. The monoisotopic (exact) mass is 373 g/mol. The number of hydrogen-bond acceptors (Lipinski definition) is 4. The van der Waals surface area contributed by atoms with Gasteiger partial charge < -0.3 is 15.4 Å². The second kappa shape index (κ2) is 7.82. The van der Waals surface area contributed by atoms with Crippen LogP contribution in [0, 0.1) is 10.8 Å². The number of nitrogens with one attached hydrogen (secondary N) is 2. The van der Waals surface area contributed by atoms with Crippen molar-refractivity contribution in [1.29, 1.82) is 0 Å². The number of rotatable bonds is 8. The summed E-state index contributed by atoms with van der Waals surface area (Å²) in [6.07, 6.45) is 7.08. The molecule has 25 heavy (non-hydrogen) atoms. The third kappa shape index (κ3) is 5.09. The van der Waals surface area contributed by atoms with E-state index in [1.54, 1.807) is 7.05 Å². The van der Waals surface area contributed by atoms with Crippen LogP contribution in [0.15, 0.2) is 4.99 Å². The fourth-order valence-electron chi connectivity index (χ4n) is 3.87. The van der Waals surface area contributed by atoms with E-state index in [1.807, 2.05) is 0 Å². The van der Waals surface area contributed by atoms with Gasteiger partial charge in [-0.3, -0.25) is 4.99 Å². The summed E-state index contributed by atoms with van der Waals surface area (Å²) >= 11 is 0. The standard InChI is InChI=1S/C18H35N3O3S/c1-6-24-15-12-14(18(15)8-7-9-18)21-16(19-4)20-13-17(2,3)10-11-25(5,22)23/h14-15H,6-13H2,1-5H3,(H2,19,20,21). The first-order valence-corrected chi connectivity index (χ1v) is 11.4. The molecular formula is C18H35N3O3S. The summed E-state index contributed by atoms with van der Waals surface area (Å²) < 4.78 is 28.7. The zero-order valence-electron chi connectivity index (χ0n) is 16.4. The normalized spacial score (nSPS) is 26.0. The van der Waals surface area contributed by atoms with Crippen molar-refractivity contribution in [1.82, 2.24) is 10.6 Å². The molecule has 0 heterocycles. The van der Waals surface area contributed by atoms with Gasteiger partial charge in [0, 0.05) is 37.9 Å². The molecule has 2 saturated carbocycles. The SMILES string of the molecule is CCOC1CC(NC(=NC)NCC(C)(C)CCS(C)(=O)=O)C12CCC2. The molecule has 2 aliphatic rings. The molecular weight excluding hydrogens is 338 g/mol. The number of sulfone groups is 1. The lowest BCUT2D eigenvalue weighted by atomic mass is 9.51. The van der Waals surface area contributed by atoms with E-state index >= 15 is 0 Å². The molecule has 2 unspecified atom stereocenters. The van der Waals surface area contributed by atoms with E-state index in [9.17, 15) is 8.42 Å². The van der Waals surface area contributed by atoms with Crippen molar-refractivity contribution in [2.75, 3.05) is 32.2 Å². The topological polar surface area (TPSA) is 79.8 Å². The highest BCUT2D eigenvalue weighted by atomic mass is 32.2. The van der Waals surface area contributed by atoms with Crippen molar-refractivity contribution >= 4 is 15.8 Å². The minimum absolute atomic E-state index is 0.109. The first-order valence-electron chi connectivity index (χ1n) is 9.38. The van der Waals surface area contributed by atoms with Crippen LogP contribution in [-0.2, 0) is 14.6 Å². The molecule has 0 amide bonds. The molecule has 2 N–H and O–H groups in total. The van der Waals surface area contributed by atoms with Gasteiger partial charge in [-0.2, -0.15) is 0 Å². The Morgan fingerprint density at radius 2 is 2.04 bits per heavy atom. The fraction of sp³-hybridized carbons (Fsp3) is 0.944. The minimum atomic E-state index is -2.93. The molecule has 0 aromatic carbocycles. The second-order valence-electron chi connectivity index (χ2n) is 8.43. The van der Waals surface area contributed by atoms with Gasteiger partial charge in [0.25, 0.3) is 0 Å². The Balaban J connectivity index is 1.83. The number of aliphatic imine (C=N–C) groups is 1. The van der Waals surface area contributed by atoms with Crippen LogP contribution in [-0.4, -0.2) is 58.7 Å². The van der Waals surface area contributed by atoms with Gasteiger partial charge in [0.2, 0.25) is 0 Å².